The molecule has 8 heteroatoms. The van der Waals surface area contributed by atoms with Crippen molar-refractivity contribution in [2.75, 3.05) is 0 Å². The van der Waals surface area contributed by atoms with Crippen molar-refractivity contribution in [2.24, 2.45) is 0 Å². The number of aromatic nitrogens is 1. The molecule has 1 nitrogen and oxygen atoms in total. The first kappa shape index (κ1) is 11.7. The standard InChI is InChI=1S/C7H2F7N/c8-3-1-4(6(9,10)11)5(15-2-3)7(12,13)14/h1-2H. The quantitative estimate of drug-likeness (QED) is 0.626. The molecule has 0 aliphatic heterocycles. The SMILES string of the molecule is Fc1cnc(C(F)(F)F)c(C(F)(F)F)c1. The molecule has 0 amide bonds. The predicted octanol–water partition coefficient (Wildman–Crippen LogP) is 3.26. The highest BCUT2D eigenvalue weighted by Gasteiger charge is 2.44. The summed E-state index contributed by atoms with van der Waals surface area (Å²) in [4.78, 5) is 2.40. The highest BCUT2D eigenvalue weighted by molar-refractivity contribution is 5.25. The molecule has 0 aliphatic rings. The first-order valence-electron chi connectivity index (χ1n) is 3.42. The van der Waals surface area contributed by atoms with Crippen LogP contribution in [0.4, 0.5) is 30.7 Å². The van der Waals surface area contributed by atoms with Crippen molar-refractivity contribution in [1.82, 2.24) is 4.98 Å². The molecule has 0 unspecified atom stereocenters. The predicted molar refractivity (Wildman–Crippen MR) is 34.2 cm³/mol. The minimum Gasteiger partial charge on any atom is -0.248 e. The molecule has 0 N–H and O–H groups in total. The Morgan fingerprint density at radius 3 is 1.87 bits per heavy atom. The van der Waals surface area contributed by atoms with Crippen LogP contribution in [0.5, 0.6) is 0 Å². The van der Waals surface area contributed by atoms with Gasteiger partial charge in [0, 0.05) is 0 Å². The highest BCUT2D eigenvalue weighted by atomic mass is 19.4. The Morgan fingerprint density at radius 2 is 1.47 bits per heavy atom. The first-order valence-corrected chi connectivity index (χ1v) is 3.42. The van der Waals surface area contributed by atoms with Crippen LogP contribution in [0.15, 0.2) is 12.3 Å². The van der Waals surface area contributed by atoms with Crippen molar-refractivity contribution in [3.63, 3.8) is 0 Å². The zero-order chi connectivity index (χ0) is 11.9. The topological polar surface area (TPSA) is 12.9 Å². The molecule has 0 fully saturated rings. The summed E-state index contributed by atoms with van der Waals surface area (Å²) >= 11 is 0. The average molecular weight is 233 g/mol. The monoisotopic (exact) mass is 233 g/mol. The second-order valence-corrected chi connectivity index (χ2v) is 2.55. The van der Waals surface area contributed by atoms with Gasteiger partial charge >= 0.3 is 12.4 Å². The highest BCUT2D eigenvalue weighted by Crippen LogP contribution is 2.38. The van der Waals surface area contributed by atoms with E-state index in [1.165, 1.54) is 0 Å². The molecule has 1 aromatic rings. The summed E-state index contributed by atoms with van der Waals surface area (Å²) in [5.74, 6) is -1.48. The van der Waals surface area contributed by atoms with Gasteiger partial charge in [-0.05, 0) is 6.07 Å². The third-order valence-corrected chi connectivity index (χ3v) is 1.43. The maximum absolute atomic E-state index is 12.3. The van der Waals surface area contributed by atoms with Gasteiger partial charge in [-0.3, -0.25) is 0 Å². The lowest BCUT2D eigenvalue weighted by molar-refractivity contribution is -0.165. The van der Waals surface area contributed by atoms with Crippen LogP contribution in [0.3, 0.4) is 0 Å². The number of halogens is 7. The normalized spacial score (nSPS) is 13.0. The van der Waals surface area contributed by atoms with Crippen LogP contribution in [0, 0.1) is 5.82 Å². The van der Waals surface area contributed by atoms with E-state index >= 15 is 0 Å². The molecular formula is C7H2F7N. The molecule has 84 valence electrons. The number of hydrogen-bond donors (Lipinski definition) is 0. The van der Waals surface area contributed by atoms with Gasteiger partial charge in [-0.2, -0.15) is 26.3 Å². The summed E-state index contributed by atoms with van der Waals surface area (Å²) in [6.45, 7) is 0. The van der Waals surface area contributed by atoms with Gasteiger partial charge in [0.2, 0.25) is 0 Å². The number of rotatable bonds is 0. The number of alkyl halides is 6. The van der Waals surface area contributed by atoms with Crippen molar-refractivity contribution < 1.29 is 30.7 Å². The Bertz CT molecular complexity index is 365. The first-order chi connectivity index (χ1) is 6.62. The molecule has 0 atom stereocenters. The van der Waals surface area contributed by atoms with Gasteiger partial charge in [0.1, 0.15) is 5.82 Å². The minimum atomic E-state index is -5.29. The Labute approximate surface area is 78.5 Å². The second kappa shape index (κ2) is 3.35. The largest absolute Gasteiger partial charge is 0.433 e. The fraction of sp³-hybridized carbons (Fsp3) is 0.286. The third kappa shape index (κ3) is 2.57. The smallest absolute Gasteiger partial charge is 0.248 e. The molecule has 1 aromatic heterocycles. The zero-order valence-corrected chi connectivity index (χ0v) is 6.75. The van der Waals surface area contributed by atoms with Crippen molar-refractivity contribution in [3.05, 3.63) is 29.3 Å². The lowest BCUT2D eigenvalue weighted by atomic mass is 10.2. The Morgan fingerprint density at radius 1 is 0.933 bits per heavy atom. The molecule has 0 saturated carbocycles. The molecule has 15 heavy (non-hydrogen) atoms. The number of hydrogen-bond acceptors (Lipinski definition) is 1. The van der Waals surface area contributed by atoms with E-state index in [2.05, 4.69) is 4.98 Å². The van der Waals surface area contributed by atoms with Gasteiger partial charge in [0.05, 0.1) is 11.8 Å². The summed E-state index contributed by atoms with van der Waals surface area (Å²) in [5.41, 5.74) is -4.27. The van der Waals surface area contributed by atoms with E-state index in [1.54, 1.807) is 0 Å². The van der Waals surface area contributed by atoms with Crippen molar-refractivity contribution >= 4 is 0 Å². The van der Waals surface area contributed by atoms with Crippen LogP contribution < -0.4 is 0 Å². The van der Waals surface area contributed by atoms with Crippen LogP contribution in [0.25, 0.3) is 0 Å². The average Bonchev–Trinajstić information content (AvgIpc) is 2.00. The summed E-state index contributed by atoms with van der Waals surface area (Å²) in [6.07, 6.45) is -10.5. The van der Waals surface area contributed by atoms with Crippen LogP contribution in [-0.2, 0) is 12.4 Å². The van der Waals surface area contributed by atoms with Crippen LogP contribution in [-0.4, -0.2) is 4.98 Å². The van der Waals surface area contributed by atoms with E-state index in [-0.39, 0.29) is 12.3 Å². The molecule has 0 radical (unpaired) electrons. The van der Waals surface area contributed by atoms with E-state index < -0.39 is 29.4 Å². The Balaban J connectivity index is 3.41. The van der Waals surface area contributed by atoms with Gasteiger partial charge in [0.25, 0.3) is 0 Å². The van der Waals surface area contributed by atoms with Gasteiger partial charge in [-0.15, -0.1) is 0 Å². The lowest BCUT2D eigenvalue weighted by Gasteiger charge is -2.13. The van der Waals surface area contributed by atoms with Gasteiger partial charge in [-0.25, -0.2) is 9.37 Å². The Hall–Kier alpha value is -1.34. The fourth-order valence-electron chi connectivity index (χ4n) is 0.881. The summed E-state index contributed by atoms with van der Waals surface area (Å²) in [7, 11) is 0. The molecule has 0 saturated heterocycles. The van der Waals surface area contributed by atoms with Crippen LogP contribution >= 0.6 is 0 Å². The number of nitrogens with zero attached hydrogens (tertiary/aromatic N) is 1. The van der Waals surface area contributed by atoms with Gasteiger partial charge in [0.15, 0.2) is 5.69 Å². The molecule has 0 bridgehead atoms. The number of pyridine rings is 1. The van der Waals surface area contributed by atoms with Crippen molar-refractivity contribution in [1.29, 1.82) is 0 Å². The van der Waals surface area contributed by atoms with Gasteiger partial charge in [-0.1, -0.05) is 0 Å². The maximum atomic E-state index is 12.3. The molecule has 1 heterocycles. The van der Waals surface area contributed by atoms with Crippen LogP contribution in [0.2, 0.25) is 0 Å². The third-order valence-electron chi connectivity index (χ3n) is 1.43. The summed E-state index contributed by atoms with van der Waals surface area (Å²) in [5, 5.41) is 0. The molecule has 0 spiro atoms. The zero-order valence-electron chi connectivity index (χ0n) is 6.75. The van der Waals surface area contributed by atoms with E-state index in [4.69, 9.17) is 0 Å². The summed E-state index contributed by atoms with van der Waals surface area (Å²) in [6, 6.07) is -0.240. The molecule has 0 aromatic carbocycles. The Kier molecular flexibility index (Phi) is 2.62. The van der Waals surface area contributed by atoms with E-state index in [0.29, 0.717) is 0 Å². The molecule has 0 aliphatic carbocycles. The second-order valence-electron chi connectivity index (χ2n) is 2.55. The summed E-state index contributed by atoms with van der Waals surface area (Å²) < 4.78 is 84.6. The maximum Gasteiger partial charge on any atom is 0.433 e. The fourth-order valence-corrected chi connectivity index (χ4v) is 0.881. The van der Waals surface area contributed by atoms with Crippen LogP contribution in [0.1, 0.15) is 11.3 Å². The molecular weight excluding hydrogens is 231 g/mol. The van der Waals surface area contributed by atoms with E-state index in [0.717, 1.165) is 0 Å². The van der Waals surface area contributed by atoms with E-state index in [9.17, 15) is 30.7 Å². The minimum absolute atomic E-state index is 0.0814. The lowest BCUT2D eigenvalue weighted by Crippen LogP contribution is -2.18. The van der Waals surface area contributed by atoms with Crippen molar-refractivity contribution in [3.8, 4) is 0 Å². The molecule has 1 rings (SSSR count). The van der Waals surface area contributed by atoms with Gasteiger partial charge < -0.3 is 0 Å². The van der Waals surface area contributed by atoms with Crippen molar-refractivity contribution in [2.45, 2.75) is 12.4 Å². The van der Waals surface area contributed by atoms with E-state index in [1.807, 2.05) is 0 Å².